The number of carbonyl (C=O) groups excluding carboxylic acids is 1. The Morgan fingerprint density at radius 1 is 1.53 bits per heavy atom. The number of hydrogen-bond acceptors (Lipinski definition) is 4. The third-order valence-corrected chi connectivity index (χ3v) is 3.12. The number of hydrogen-bond donors (Lipinski definition) is 3. The van der Waals surface area contributed by atoms with E-state index in [2.05, 4.69) is 5.43 Å². The summed E-state index contributed by atoms with van der Waals surface area (Å²) in [5, 5.41) is 0. The van der Waals surface area contributed by atoms with Crippen molar-refractivity contribution in [2.75, 3.05) is 11.5 Å². The number of hydrazine groups is 1. The minimum Gasteiger partial charge on any atom is -0.399 e. The van der Waals surface area contributed by atoms with Gasteiger partial charge in [0, 0.05) is 22.8 Å². The highest BCUT2D eigenvalue weighted by molar-refractivity contribution is 7.99. The fourth-order valence-electron chi connectivity index (χ4n) is 1.16. The lowest BCUT2D eigenvalue weighted by molar-refractivity contribution is -0.120. The van der Waals surface area contributed by atoms with Crippen LogP contribution in [0.4, 0.5) is 5.69 Å². The maximum atomic E-state index is 10.9. The number of rotatable bonds is 4. The highest BCUT2D eigenvalue weighted by atomic mass is 32.2. The number of nitrogens with two attached hydrogens (primary N) is 2. The largest absolute Gasteiger partial charge is 0.399 e. The number of benzene rings is 1. The molecule has 0 aromatic heterocycles. The van der Waals surface area contributed by atoms with Gasteiger partial charge in [0.25, 0.3) is 0 Å². The van der Waals surface area contributed by atoms with E-state index < -0.39 is 0 Å². The summed E-state index contributed by atoms with van der Waals surface area (Å²) < 4.78 is 0. The molecule has 0 saturated carbocycles. The number of anilines is 1. The molecule has 0 aliphatic heterocycles. The van der Waals surface area contributed by atoms with E-state index in [1.54, 1.807) is 11.8 Å². The number of carbonyl (C=O) groups is 1. The van der Waals surface area contributed by atoms with Gasteiger partial charge in [-0.25, -0.2) is 5.84 Å². The molecule has 15 heavy (non-hydrogen) atoms. The summed E-state index contributed by atoms with van der Waals surface area (Å²) in [4.78, 5) is 12.0. The first-order valence-electron chi connectivity index (χ1n) is 4.62. The minimum absolute atomic E-state index is 0.143. The lowest BCUT2D eigenvalue weighted by atomic mass is 10.2. The van der Waals surface area contributed by atoms with Crippen LogP contribution in [0.5, 0.6) is 0 Å². The molecule has 0 unspecified atom stereocenters. The zero-order chi connectivity index (χ0) is 11.3. The van der Waals surface area contributed by atoms with Crippen LogP contribution in [-0.4, -0.2) is 11.7 Å². The molecule has 5 N–H and O–H groups in total. The van der Waals surface area contributed by atoms with Crippen LogP contribution in [0.15, 0.2) is 23.1 Å². The second-order valence-electron chi connectivity index (χ2n) is 3.19. The fourth-order valence-corrected chi connectivity index (χ4v) is 2.12. The first-order chi connectivity index (χ1) is 7.13. The van der Waals surface area contributed by atoms with E-state index in [1.807, 2.05) is 25.1 Å². The minimum atomic E-state index is -0.143. The van der Waals surface area contributed by atoms with Crippen molar-refractivity contribution in [3.05, 3.63) is 23.8 Å². The van der Waals surface area contributed by atoms with Crippen molar-refractivity contribution in [1.82, 2.24) is 5.43 Å². The second kappa shape index (κ2) is 5.63. The van der Waals surface area contributed by atoms with E-state index in [4.69, 9.17) is 11.6 Å². The van der Waals surface area contributed by atoms with E-state index in [9.17, 15) is 4.79 Å². The predicted octanol–water partition coefficient (Wildman–Crippen LogP) is 1.05. The monoisotopic (exact) mass is 225 g/mol. The zero-order valence-corrected chi connectivity index (χ0v) is 9.43. The third-order valence-electron chi connectivity index (χ3n) is 1.95. The number of nitrogen functional groups attached to an aromatic ring is 1. The van der Waals surface area contributed by atoms with Crippen LogP contribution in [0, 0.1) is 6.92 Å². The highest BCUT2D eigenvalue weighted by Crippen LogP contribution is 2.24. The molecule has 1 aromatic carbocycles. The molecule has 0 fully saturated rings. The molecule has 82 valence electrons. The Balaban J connectivity index is 2.47. The molecule has 0 aliphatic rings. The van der Waals surface area contributed by atoms with Gasteiger partial charge in [-0.15, -0.1) is 11.8 Å². The van der Waals surface area contributed by atoms with Crippen LogP contribution in [0.1, 0.15) is 12.0 Å². The Hall–Kier alpha value is -1.20. The van der Waals surface area contributed by atoms with Gasteiger partial charge in [0.15, 0.2) is 0 Å². The number of aryl methyl sites for hydroxylation is 1. The Labute approximate surface area is 93.4 Å². The molecule has 0 bridgehead atoms. The number of amides is 1. The van der Waals surface area contributed by atoms with Gasteiger partial charge in [-0.3, -0.25) is 10.2 Å². The van der Waals surface area contributed by atoms with Gasteiger partial charge >= 0.3 is 0 Å². The molecule has 0 radical (unpaired) electrons. The molecule has 0 atom stereocenters. The Bertz CT molecular complexity index is 355. The maximum Gasteiger partial charge on any atom is 0.234 e. The van der Waals surface area contributed by atoms with Gasteiger partial charge in [0.05, 0.1) is 0 Å². The summed E-state index contributed by atoms with van der Waals surface area (Å²) in [7, 11) is 0. The van der Waals surface area contributed by atoms with E-state index in [0.29, 0.717) is 12.2 Å². The SMILES string of the molecule is Cc1cc(N)ccc1SCCC(=O)NN. The van der Waals surface area contributed by atoms with Crippen molar-refractivity contribution in [3.63, 3.8) is 0 Å². The van der Waals surface area contributed by atoms with Crippen LogP contribution in [0.25, 0.3) is 0 Å². The van der Waals surface area contributed by atoms with Gasteiger partial charge in [0.1, 0.15) is 0 Å². The normalized spacial score (nSPS) is 10.0. The van der Waals surface area contributed by atoms with Crippen LogP contribution < -0.4 is 17.0 Å². The van der Waals surface area contributed by atoms with Crippen molar-refractivity contribution in [3.8, 4) is 0 Å². The molecule has 0 aliphatic carbocycles. The summed E-state index contributed by atoms with van der Waals surface area (Å²) in [5.41, 5.74) is 9.63. The topological polar surface area (TPSA) is 81.1 Å². The fraction of sp³-hybridized carbons (Fsp3) is 0.300. The average Bonchev–Trinajstić information content (AvgIpc) is 2.21. The Morgan fingerprint density at radius 3 is 2.87 bits per heavy atom. The summed E-state index contributed by atoms with van der Waals surface area (Å²) in [6, 6.07) is 5.75. The lowest BCUT2D eigenvalue weighted by Gasteiger charge is -2.05. The smallest absolute Gasteiger partial charge is 0.234 e. The van der Waals surface area contributed by atoms with Gasteiger partial charge in [-0.2, -0.15) is 0 Å². The molecule has 0 spiro atoms. The van der Waals surface area contributed by atoms with Crippen molar-refractivity contribution >= 4 is 23.4 Å². The second-order valence-corrected chi connectivity index (χ2v) is 4.33. The molecule has 1 aromatic rings. The standard InChI is InChI=1S/C10H15N3OS/c1-7-6-8(11)2-3-9(7)15-5-4-10(14)13-12/h2-3,6H,4-5,11-12H2,1H3,(H,13,14). The maximum absolute atomic E-state index is 10.9. The van der Waals surface area contributed by atoms with E-state index >= 15 is 0 Å². The van der Waals surface area contributed by atoms with E-state index in [1.165, 1.54) is 0 Å². The summed E-state index contributed by atoms with van der Waals surface area (Å²) in [5.74, 6) is 5.55. The summed E-state index contributed by atoms with van der Waals surface area (Å²) in [6.07, 6.45) is 0.422. The molecule has 4 nitrogen and oxygen atoms in total. The Kier molecular flexibility index (Phi) is 4.45. The van der Waals surface area contributed by atoms with Gasteiger partial charge in [-0.05, 0) is 30.7 Å². The lowest BCUT2D eigenvalue weighted by Crippen LogP contribution is -2.30. The highest BCUT2D eigenvalue weighted by Gasteiger charge is 2.02. The Morgan fingerprint density at radius 2 is 2.27 bits per heavy atom. The van der Waals surface area contributed by atoms with Crippen molar-refractivity contribution in [2.24, 2.45) is 5.84 Å². The van der Waals surface area contributed by atoms with E-state index in [0.717, 1.165) is 16.1 Å². The molecule has 0 heterocycles. The molecular weight excluding hydrogens is 210 g/mol. The zero-order valence-electron chi connectivity index (χ0n) is 8.62. The molecule has 1 amide bonds. The summed E-state index contributed by atoms with van der Waals surface area (Å²) >= 11 is 1.63. The number of nitrogens with one attached hydrogen (secondary N) is 1. The summed E-state index contributed by atoms with van der Waals surface area (Å²) in [6.45, 7) is 2.00. The van der Waals surface area contributed by atoms with Crippen molar-refractivity contribution in [1.29, 1.82) is 0 Å². The quantitative estimate of drug-likeness (QED) is 0.235. The van der Waals surface area contributed by atoms with Gasteiger partial charge in [-0.1, -0.05) is 0 Å². The third kappa shape index (κ3) is 3.81. The van der Waals surface area contributed by atoms with Gasteiger partial charge < -0.3 is 5.73 Å². The van der Waals surface area contributed by atoms with Gasteiger partial charge in [0.2, 0.25) is 5.91 Å². The average molecular weight is 225 g/mol. The van der Waals surface area contributed by atoms with Crippen LogP contribution in [0.2, 0.25) is 0 Å². The van der Waals surface area contributed by atoms with Crippen LogP contribution >= 0.6 is 11.8 Å². The first kappa shape index (κ1) is 11.9. The molecule has 1 rings (SSSR count). The molecule has 5 heteroatoms. The van der Waals surface area contributed by atoms with E-state index in [-0.39, 0.29) is 5.91 Å². The number of thioether (sulfide) groups is 1. The van der Waals surface area contributed by atoms with Crippen LogP contribution in [-0.2, 0) is 4.79 Å². The van der Waals surface area contributed by atoms with Crippen LogP contribution in [0.3, 0.4) is 0 Å². The first-order valence-corrected chi connectivity index (χ1v) is 5.60. The van der Waals surface area contributed by atoms with Crippen molar-refractivity contribution < 1.29 is 4.79 Å². The van der Waals surface area contributed by atoms with Crippen molar-refractivity contribution in [2.45, 2.75) is 18.2 Å². The predicted molar refractivity (Wildman–Crippen MR) is 63.3 cm³/mol. The molecular formula is C10H15N3OS. The molecule has 0 saturated heterocycles.